The van der Waals surface area contributed by atoms with Crippen molar-refractivity contribution in [3.8, 4) is 5.69 Å². The Kier molecular flexibility index (Phi) is 5.42. The van der Waals surface area contributed by atoms with Gasteiger partial charge in [0.15, 0.2) is 0 Å². The lowest BCUT2D eigenvalue weighted by atomic mass is 10.1. The van der Waals surface area contributed by atoms with E-state index in [0.717, 1.165) is 28.3 Å². The van der Waals surface area contributed by atoms with Crippen LogP contribution in [0.1, 0.15) is 38.7 Å². The normalized spacial score (nSPS) is 11.0. The number of carbonyl (C=O) groups excluding carboxylic acids is 1. The van der Waals surface area contributed by atoms with Crippen molar-refractivity contribution in [1.29, 1.82) is 0 Å². The van der Waals surface area contributed by atoms with Crippen LogP contribution in [-0.4, -0.2) is 25.5 Å². The standard InChI is InChI=1S/C24H24FN5O/c1-15-10-17(3)29(27-15)14-19-6-5-7-21(12-19)26-24(31)20-8-9-23(22(25)13-20)30-18(4)11-16(2)28-30/h5-13H,14H2,1-4H3,(H,26,31). The summed E-state index contributed by atoms with van der Waals surface area (Å²) in [5, 5.41) is 11.6. The average Bonchev–Trinajstić information content (AvgIpc) is 3.21. The first kappa shape index (κ1) is 20.5. The molecule has 0 unspecified atom stereocenters. The maximum Gasteiger partial charge on any atom is 0.255 e. The first-order chi connectivity index (χ1) is 14.8. The van der Waals surface area contributed by atoms with E-state index < -0.39 is 5.82 Å². The second-order valence-electron chi connectivity index (χ2n) is 7.74. The molecular weight excluding hydrogens is 393 g/mol. The minimum Gasteiger partial charge on any atom is -0.322 e. The number of aryl methyl sites for hydroxylation is 4. The molecule has 0 fully saturated rings. The van der Waals surface area contributed by atoms with Crippen molar-refractivity contribution in [2.45, 2.75) is 34.2 Å². The van der Waals surface area contributed by atoms with Gasteiger partial charge in [-0.25, -0.2) is 9.07 Å². The highest BCUT2D eigenvalue weighted by Crippen LogP contribution is 2.19. The minimum atomic E-state index is -0.503. The van der Waals surface area contributed by atoms with Crippen LogP contribution in [0, 0.1) is 33.5 Å². The van der Waals surface area contributed by atoms with Gasteiger partial charge in [-0.1, -0.05) is 12.1 Å². The molecule has 7 heteroatoms. The molecule has 0 radical (unpaired) electrons. The van der Waals surface area contributed by atoms with Crippen LogP contribution in [0.4, 0.5) is 10.1 Å². The maximum atomic E-state index is 14.7. The molecule has 2 aromatic heterocycles. The van der Waals surface area contributed by atoms with E-state index >= 15 is 0 Å². The lowest BCUT2D eigenvalue weighted by molar-refractivity contribution is 0.102. The first-order valence-electron chi connectivity index (χ1n) is 10.0. The van der Waals surface area contributed by atoms with Crippen LogP contribution in [-0.2, 0) is 6.54 Å². The highest BCUT2D eigenvalue weighted by atomic mass is 19.1. The molecule has 0 saturated heterocycles. The Labute approximate surface area is 180 Å². The van der Waals surface area contributed by atoms with Gasteiger partial charge in [0.05, 0.1) is 17.9 Å². The molecule has 4 aromatic rings. The number of hydrogen-bond acceptors (Lipinski definition) is 3. The number of hydrogen-bond donors (Lipinski definition) is 1. The summed E-state index contributed by atoms with van der Waals surface area (Å²) in [7, 11) is 0. The predicted octanol–water partition coefficient (Wildman–Crippen LogP) is 4.74. The highest BCUT2D eigenvalue weighted by Gasteiger charge is 2.14. The summed E-state index contributed by atoms with van der Waals surface area (Å²) in [4.78, 5) is 12.7. The lowest BCUT2D eigenvalue weighted by Crippen LogP contribution is -2.13. The summed E-state index contributed by atoms with van der Waals surface area (Å²) in [5.74, 6) is -0.876. The summed E-state index contributed by atoms with van der Waals surface area (Å²) in [6.45, 7) is 8.29. The summed E-state index contributed by atoms with van der Waals surface area (Å²) < 4.78 is 18.2. The average molecular weight is 417 g/mol. The fourth-order valence-electron chi connectivity index (χ4n) is 3.65. The highest BCUT2D eigenvalue weighted by molar-refractivity contribution is 6.04. The van der Waals surface area contributed by atoms with Gasteiger partial charge >= 0.3 is 0 Å². The quantitative estimate of drug-likeness (QED) is 0.510. The van der Waals surface area contributed by atoms with Crippen LogP contribution in [0.25, 0.3) is 5.69 Å². The topological polar surface area (TPSA) is 64.7 Å². The van der Waals surface area contributed by atoms with E-state index in [1.807, 2.05) is 68.8 Å². The van der Waals surface area contributed by atoms with Crippen LogP contribution in [0.15, 0.2) is 54.6 Å². The number of halogens is 1. The molecular formula is C24H24FN5O. The number of carbonyl (C=O) groups is 1. The van der Waals surface area contributed by atoms with E-state index in [-0.39, 0.29) is 11.5 Å². The number of benzene rings is 2. The SMILES string of the molecule is Cc1cc(C)n(Cc2cccc(NC(=O)c3ccc(-n4nc(C)cc4C)c(F)c3)c2)n1. The van der Waals surface area contributed by atoms with Crippen LogP contribution >= 0.6 is 0 Å². The van der Waals surface area contributed by atoms with Gasteiger partial charge in [-0.05, 0) is 75.7 Å². The Morgan fingerprint density at radius 1 is 0.935 bits per heavy atom. The Hall–Kier alpha value is -3.74. The molecule has 1 amide bonds. The van der Waals surface area contributed by atoms with E-state index in [4.69, 9.17) is 0 Å². The predicted molar refractivity (Wildman–Crippen MR) is 118 cm³/mol. The number of nitrogens with one attached hydrogen (secondary N) is 1. The Bertz CT molecular complexity index is 1270. The third kappa shape index (κ3) is 4.40. The van der Waals surface area contributed by atoms with Crippen LogP contribution < -0.4 is 5.32 Å². The molecule has 0 atom stereocenters. The van der Waals surface area contributed by atoms with Crippen LogP contribution in [0.5, 0.6) is 0 Å². The molecule has 2 aromatic carbocycles. The second-order valence-corrected chi connectivity index (χ2v) is 7.74. The Balaban J connectivity index is 1.51. The van der Waals surface area contributed by atoms with Crippen LogP contribution in [0.3, 0.4) is 0 Å². The van der Waals surface area contributed by atoms with E-state index in [1.165, 1.54) is 10.7 Å². The van der Waals surface area contributed by atoms with Gasteiger partial charge in [-0.2, -0.15) is 10.2 Å². The Morgan fingerprint density at radius 3 is 2.32 bits per heavy atom. The number of nitrogens with zero attached hydrogens (tertiary/aromatic N) is 4. The second kappa shape index (κ2) is 8.18. The zero-order valence-electron chi connectivity index (χ0n) is 18.0. The van der Waals surface area contributed by atoms with Crippen molar-refractivity contribution in [3.05, 3.63) is 94.3 Å². The van der Waals surface area contributed by atoms with Gasteiger partial charge in [0.2, 0.25) is 0 Å². The summed E-state index contributed by atoms with van der Waals surface area (Å²) in [6.07, 6.45) is 0. The molecule has 0 spiro atoms. The largest absolute Gasteiger partial charge is 0.322 e. The molecule has 0 aliphatic carbocycles. The molecule has 2 heterocycles. The van der Waals surface area contributed by atoms with E-state index in [1.54, 1.807) is 12.1 Å². The molecule has 0 aliphatic heterocycles. The zero-order valence-corrected chi connectivity index (χ0v) is 18.0. The molecule has 0 bridgehead atoms. The fraction of sp³-hybridized carbons (Fsp3) is 0.208. The summed E-state index contributed by atoms with van der Waals surface area (Å²) >= 11 is 0. The van der Waals surface area contributed by atoms with Crippen molar-refractivity contribution in [1.82, 2.24) is 19.6 Å². The van der Waals surface area contributed by atoms with Gasteiger partial charge in [0.1, 0.15) is 11.5 Å². The third-order valence-corrected chi connectivity index (χ3v) is 5.07. The number of anilines is 1. The van der Waals surface area contributed by atoms with Crippen molar-refractivity contribution in [3.63, 3.8) is 0 Å². The van der Waals surface area contributed by atoms with Crippen molar-refractivity contribution in [2.75, 3.05) is 5.32 Å². The van der Waals surface area contributed by atoms with Gasteiger partial charge in [-0.3, -0.25) is 9.48 Å². The molecule has 0 saturated carbocycles. The van der Waals surface area contributed by atoms with Crippen molar-refractivity contribution in [2.24, 2.45) is 0 Å². The minimum absolute atomic E-state index is 0.242. The number of aromatic nitrogens is 4. The fourth-order valence-corrected chi connectivity index (χ4v) is 3.65. The van der Waals surface area contributed by atoms with E-state index in [9.17, 15) is 9.18 Å². The van der Waals surface area contributed by atoms with Gasteiger partial charge in [0, 0.05) is 22.6 Å². The Morgan fingerprint density at radius 2 is 1.68 bits per heavy atom. The van der Waals surface area contributed by atoms with E-state index in [2.05, 4.69) is 15.5 Å². The molecule has 6 nitrogen and oxygen atoms in total. The maximum absolute atomic E-state index is 14.7. The lowest BCUT2D eigenvalue weighted by Gasteiger charge is -2.10. The monoisotopic (exact) mass is 417 g/mol. The molecule has 31 heavy (non-hydrogen) atoms. The van der Waals surface area contributed by atoms with Crippen molar-refractivity contribution >= 4 is 11.6 Å². The smallest absolute Gasteiger partial charge is 0.255 e. The first-order valence-corrected chi connectivity index (χ1v) is 10.0. The van der Waals surface area contributed by atoms with Gasteiger partial charge < -0.3 is 5.32 Å². The van der Waals surface area contributed by atoms with Gasteiger partial charge in [0.25, 0.3) is 5.91 Å². The third-order valence-electron chi connectivity index (χ3n) is 5.07. The molecule has 158 valence electrons. The number of amides is 1. The van der Waals surface area contributed by atoms with Crippen LogP contribution in [0.2, 0.25) is 0 Å². The summed E-state index contributed by atoms with van der Waals surface area (Å²) in [5.41, 5.74) is 5.88. The number of rotatable bonds is 5. The molecule has 4 rings (SSSR count). The summed E-state index contributed by atoms with van der Waals surface area (Å²) in [6, 6.07) is 15.9. The molecule has 0 aliphatic rings. The molecule has 1 N–H and O–H groups in total. The van der Waals surface area contributed by atoms with Gasteiger partial charge in [-0.15, -0.1) is 0 Å². The van der Waals surface area contributed by atoms with E-state index in [0.29, 0.717) is 17.9 Å². The van der Waals surface area contributed by atoms with Crippen molar-refractivity contribution < 1.29 is 9.18 Å². The zero-order chi connectivity index (χ0) is 22.1.